The van der Waals surface area contributed by atoms with Crippen LogP contribution in [-0.4, -0.2) is 55.0 Å². The first-order valence-electron chi connectivity index (χ1n) is 7.76. The standard InChI is InChI=1S/C17H21N3O2/c1-2-22-16-6-5-13(14-4-3-7-19-17(14)16)15(21)12-20-10-8-18-9-11-20/h3-7,18H,2,8-12H2,1H3. The van der Waals surface area contributed by atoms with Crippen LogP contribution < -0.4 is 10.1 Å². The van der Waals surface area contributed by atoms with Gasteiger partial charge >= 0.3 is 0 Å². The third-order valence-corrected chi connectivity index (χ3v) is 3.91. The summed E-state index contributed by atoms with van der Waals surface area (Å²) in [6.07, 6.45) is 1.73. The van der Waals surface area contributed by atoms with Crippen molar-refractivity contribution in [2.75, 3.05) is 39.3 Å². The molecule has 1 N–H and O–H groups in total. The number of nitrogens with one attached hydrogen (secondary N) is 1. The highest BCUT2D eigenvalue weighted by molar-refractivity contribution is 6.09. The highest BCUT2D eigenvalue weighted by Crippen LogP contribution is 2.27. The molecule has 22 heavy (non-hydrogen) atoms. The first-order valence-corrected chi connectivity index (χ1v) is 7.76. The molecule has 2 heterocycles. The van der Waals surface area contributed by atoms with Gasteiger partial charge in [-0.1, -0.05) is 6.07 Å². The Kier molecular flexibility index (Phi) is 4.65. The highest BCUT2D eigenvalue weighted by atomic mass is 16.5. The molecule has 0 bridgehead atoms. The van der Waals surface area contributed by atoms with Gasteiger partial charge in [0.05, 0.1) is 13.2 Å². The van der Waals surface area contributed by atoms with Crippen molar-refractivity contribution >= 4 is 16.7 Å². The van der Waals surface area contributed by atoms with E-state index >= 15 is 0 Å². The molecule has 0 saturated carbocycles. The summed E-state index contributed by atoms with van der Waals surface area (Å²) < 4.78 is 5.61. The molecule has 0 atom stereocenters. The number of Topliss-reactive ketones (excluding diaryl/α,β-unsaturated/α-hetero) is 1. The van der Waals surface area contributed by atoms with Gasteiger partial charge in [-0.25, -0.2) is 0 Å². The van der Waals surface area contributed by atoms with Gasteiger partial charge in [0.25, 0.3) is 0 Å². The fourth-order valence-electron chi connectivity index (χ4n) is 2.82. The minimum absolute atomic E-state index is 0.142. The zero-order chi connectivity index (χ0) is 15.4. The number of pyridine rings is 1. The molecule has 5 heteroatoms. The van der Waals surface area contributed by atoms with Gasteiger partial charge in [0.15, 0.2) is 5.78 Å². The number of ether oxygens (including phenoxy) is 1. The lowest BCUT2D eigenvalue weighted by Crippen LogP contribution is -2.45. The summed E-state index contributed by atoms with van der Waals surface area (Å²) in [5, 5.41) is 4.17. The van der Waals surface area contributed by atoms with E-state index in [2.05, 4.69) is 15.2 Å². The lowest BCUT2D eigenvalue weighted by atomic mass is 10.0. The molecule has 1 aliphatic rings. The van der Waals surface area contributed by atoms with Crippen LogP contribution in [0.4, 0.5) is 0 Å². The first-order chi connectivity index (χ1) is 10.8. The van der Waals surface area contributed by atoms with Crippen molar-refractivity contribution in [1.82, 2.24) is 15.2 Å². The van der Waals surface area contributed by atoms with E-state index in [1.165, 1.54) is 0 Å². The number of benzene rings is 1. The van der Waals surface area contributed by atoms with Crippen LogP contribution in [0.3, 0.4) is 0 Å². The van der Waals surface area contributed by atoms with Crippen LogP contribution >= 0.6 is 0 Å². The number of fused-ring (bicyclic) bond motifs is 1. The van der Waals surface area contributed by atoms with Gasteiger partial charge in [-0.3, -0.25) is 14.7 Å². The number of hydrogen-bond acceptors (Lipinski definition) is 5. The fourth-order valence-corrected chi connectivity index (χ4v) is 2.82. The monoisotopic (exact) mass is 299 g/mol. The number of aromatic nitrogens is 1. The molecule has 0 unspecified atom stereocenters. The van der Waals surface area contributed by atoms with Crippen molar-refractivity contribution < 1.29 is 9.53 Å². The second-order valence-electron chi connectivity index (χ2n) is 5.39. The van der Waals surface area contributed by atoms with Crippen LogP contribution in [0.2, 0.25) is 0 Å². The Morgan fingerprint density at radius 2 is 2.14 bits per heavy atom. The Labute approximate surface area is 130 Å². The maximum Gasteiger partial charge on any atom is 0.177 e. The average Bonchev–Trinajstić information content (AvgIpc) is 2.56. The van der Waals surface area contributed by atoms with Crippen LogP contribution in [0, 0.1) is 0 Å². The van der Waals surface area contributed by atoms with Crippen molar-refractivity contribution in [1.29, 1.82) is 0 Å². The van der Waals surface area contributed by atoms with Crippen molar-refractivity contribution in [2.45, 2.75) is 6.92 Å². The smallest absolute Gasteiger partial charge is 0.177 e. The Morgan fingerprint density at radius 1 is 1.32 bits per heavy atom. The van der Waals surface area contributed by atoms with Crippen molar-refractivity contribution in [2.24, 2.45) is 0 Å². The minimum atomic E-state index is 0.142. The summed E-state index contributed by atoms with van der Waals surface area (Å²) in [5.74, 6) is 0.875. The number of carbonyl (C=O) groups is 1. The first kappa shape index (κ1) is 14.9. The SMILES string of the molecule is CCOc1ccc(C(=O)CN2CCNCC2)c2cccnc12. The zero-order valence-electron chi connectivity index (χ0n) is 12.8. The zero-order valence-corrected chi connectivity index (χ0v) is 12.8. The summed E-state index contributed by atoms with van der Waals surface area (Å²) >= 11 is 0. The van der Waals surface area contributed by atoms with E-state index in [9.17, 15) is 4.79 Å². The number of nitrogens with zero attached hydrogens (tertiary/aromatic N) is 2. The summed E-state index contributed by atoms with van der Waals surface area (Å²) in [7, 11) is 0. The van der Waals surface area contributed by atoms with Gasteiger partial charge in [0.1, 0.15) is 11.3 Å². The normalized spacial score (nSPS) is 15.9. The fraction of sp³-hybridized carbons (Fsp3) is 0.412. The summed E-state index contributed by atoms with van der Waals surface area (Å²) in [5.41, 5.74) is 1.49. The summed E-state index contributed by atoms with van der Waals surface area (Å²) in [4.78, 5) is 19.2. The van der Waals surface area contributed by atoms with E-state index in [-0.39, 0.29) is 5.78 Å². The molecule has 3 rings (SSSR count). The van der Waals surface area contributed by atoms with Gasteiger partial charge in [0, 0.05) is 43.3 Å². The molecule has 5 nitrogen and oxygen atoms in total. The number of ketones is 1. The van der Waals surface area contributed by atoms with Crippen molar-refractivity contribution in [3.8, 4) is 5.75 Å². The second-order valence-corrected chi connectivity index (χ2v) is 5.39. The van der Waals surface area contributed by atoms with Crippen molar-refractivity contribution in [3.05, 3.63) is 36.0 Å². The van der Waals surface area contributed by atoms with Gasteiger partial charge in [0.2, 0.25) is 0 Å². The van der Waals surface area contributed by atoms with E-state index in [1.807, 2.05) is 31.2 Å². The lowest BCUT2D eigenvalue weighted by Gasteiger charge is -2.26. The molecule has 0 aliphatic carbocycles. The number of piperazine rings is 1. The molecule has 1 saturated heterocycles. The largest absolute Gasteiger partial charge is 0.492 e. The average molecular weight is 299 g/mol. The van der Waals surface area contributed by atoms with Gasteiger partial charge in [-0.15, -0.1) is 0 Å². The topological polar surface area (TPSA) is 54.5 Å². The molecule has 1 aromatic carbocycles. The number of rotatable bonds is 5. The second kappa shape index (κ2) is 6.85. The van der Waals surface area contributed by atoms with E-state index in [4.69, 9.17) is 4.74 Å². The van der Waals surface area contributed by atoms with E-state index in [1.54, 1.807) is 6.20 Å². The summed E-state index contributed by atoms with van der Waals surface area (Å²) in [6.45, 7) is 6.70. The van der Waals surface area contributed by atoms with E-state index in [0.717, 1.165) is 48.4 Å². The van der Waals surface area contributed by atoms with Crippen molar-refractivity contribution in [3.63, 3.8) is 0 Å². The van der Waals surface area contributed by atoms with Gasteiger partial charge in [-0.2, -0.15) is 0 Å². The molecule has 1 fully saturated rings. The maximum absolute atomic E-state index is 12.7. The van der Waals surface area contributed by atoms with E-state index in [0.29, 0.717) is 13.2 Å². The molecule has 0 radical (unpaired) electrons. The van der Waals surface area contributed by atoms with Gasteiger partial charge in [-0.05, 0) is 25.1 Å². The van der Waals surface area contributed by atoms with Gasteiger partial charge < -0.3 is 10.1 Å². The molecule has 0 amide bonds. The quantitative estimate of drug-likeness (QED) is 0.852. The Morgan fingerprint density at radius 3 is 2.91 bits per heavy atom. The molecular weight excluding hydrogens is 278 g/mol. The number of carbonyl (C=O) groups excluding carboxylic acids is 1. The van der Waals surface area contributed by atoms with Crippen LogP contribution in [-0.2, 0) is 0 Å². The molecule has 0 spiro atoms. The Balaban J connectivity index is 1.89. The molecular formula is C17H21N3O2. The highest BCUT2D eigenvalue weighted by Gasteiger charge is 2.18. The van der Waals surface area contributed by atoms with Crippen LogP contribution in [0.15, 0.2) is 30.5 Å². The third kappa shape index (κ3) is 3.10. The lowest BCUT2D eigenvalue weighted by molar-refractivity contribution is 0.0923. The number of hydrogen-bond donors (Lipinski definition) is 1. The molecule has 116 valence electrons. The minimum Gasteiger partial charge on any atom is -0.492 e. The molecule has 1 aromatic heterocycles. The Bertz CT molecular complexity index is 666. The molecule has 1 aliphatic heterocycles. The van der Waals surface area contributed by atoms with E-state index < -0.39 is 0 Å². The Hall–Kier alpha value is -1.98. The summed E-state index contributed by atoms with van der Waals surface area (Å²) in [6, 6.07) is 7.51. The van der Waals surface area contributed by atoms with Crippen LogP contribution in [0.5, 0.6) is 5.75 Å². The molecule has 2 aromatic rings. The maximum atomic E-state index is 12.7. The third-order valence-electron chi connectivity index (χ3n) is 3.91. The van der Waals surface area contributed by atoms with Crippen LogP contribution in [0.1, 0.15) is 17.3 Å². The predicted octanol–water partition coefficient (Wildman–Crippen LogP) is 1.72. The predicted molar refractivity (Wildman–Crippen MR) is 86.6 cm³/mol. The van der Waals surface area contributed by atoms with Crippen LogP contribution in [0.25, 0.3) is 10.9 Å².